The molecule has 2 aromatic rings. The van der Waals surface area contributed by atoms with E-state index in [1.165, 1.54) is 0 Å². The Morgan fingerprint density at radius 3 is 2.84 bits per heavy atom. The van der Waals surface area contributed by atoms with E-state index in [1.807, 2.05) is 30.5 Å². The fraction of sp³-hybridized carbons (Fsp3) is 0.368. The Hall–Kier alpha value is -1.72. The molecule has 6 heteroatoms. The van der Waals surface area contributed by atoms with Gasteiger partial charge in [-0.15, -0.1) is 0 Å². The van der Waals surface area contributed by atoms with Crippen molar-refractivity contribution < 1.29 is 14.3 Å². The van der Waals surface area contributed by atoms with Crippen molar-refractivity contribution in [3.05, 3.63) is 57.4 Å². The number of aromatic amines is 1. The average molecular weight is 378 g/mol. The maximum Gasteiger partial charge on any atom is 0.355 e. The number of esters is 1. The summed E-state index contributed by atoms with van der Waals surface area (Å²) in [6.07, 6.45) is 3.01. The number of ether oxygens (including phenoxy) is 1. The standard InChI is InChI=1S/C19H20ClNO3S/c1-11-17-15(21-18(11)19(23)24-7-8-25-2)9-12(10-16(17)22)13-5-3-4-6-14(13)20/h3-6,12,21H,7-10H2,1-2H3. The molecule has 0 amide bonds. The van der Waals surface area contributed by atoms with Gasteiger partial charge in [0.1, 0.15) is 12.3 Å². The van der Waals surface area contributed by atoms with Crippen LogP contribution in [0.3, 0.4) is 0 Å². The van der Waals surface area contributed by atoms with Gasteiger partial charge in [0.2, 0.25) is 0 Å². The molecular weight excluding hydrogens is 358 g/mol. The smallest absolute Gasteiger partial charge is 0.355 e. The zero-order valence-corrected chi connectivity index (χ0v) is 15.8. The largest absolute Gasteiger partial charge is 0.460 e. The second-order valence-corrected chi connectivity index (χ2v) is 7.55. The van der Waals surface area contributed by atoms with Crippen molar-refractivity contribution >= 4 is 35.1 Å². The Morgan fingerprint density at radius 1 is 1.36 bits per heavy atom. The van der Waals surface area contributed by atoms with E-state index >= 15 is 0 Å². The molecule has 1 unspecified atom stereocenters. The molecule has 1 aliphatic carbocycles. The molecule has 1 N–H and O–H groups in total. The first-order chi connectivity index (χ1) is 12.0. The first-order valence-electron chi connectivity index (χ1n) is 8.18. The predicted molar refractivity (Wildman–Crippen MR) is 101 cm³/mol. The number of carbonyl (C=O) groups is 2. The molecule has 1 heterocycles. The molecule has 0 saturated carbocycles. The minimum absolute atomic E-state index is 0.0205. The van der Waals surface area contributed by atoms with Crippen LogP contribution in [0.25, 0.3) is 0 Å². The maximum absolute atomic E-state index is 12.7. The lowest BCUT2D eigenvalue weighted by Gasteiger charge is -2.22. The number of fused-ring (bicyclic) bond motifs is 1. The molecule has 0 radical (unpaired) electrons. The fourth-order valence-corrected chi connectivity index (χ4v) is 3.89. The topological polar surface area (TPSA) is 59.2 Å². The van der Waals surface area contributed by atoms with Crippen LogP contribution in [0.1, 0.15) is 50.0 Å². The van der Waals surface area contributed by atoms with Crippen molar-refractivity contribution in [3.8, 4) is 0 Å². The third kappa shape index (κ3) is 3.62. The number of Topliss-reactive ketones (excluding diaryl/α,β-unsaturated/α-hetero) is 1. The number of benzene rings is 1. The minimum atomic E-state index is -0.400. The lowest BCUT2D eigenvalue weighted by Crippen LogP contribution is -2.18. The summed E-state index contributed by atoms with van der Waals surface area (Å²) in [5.74, 6) is 0.414. The highest BCUT2D eigenvalue weighted by molar-refractivity contribution is 7.98. The van der Waals surface area contributed by atoms with Crippen LogP contribution in [0.15, 0.2) is 24.3 Å². The Balaban J connectivity index is 1.87. The van der Waals surface area contributed by atoms with E-state index in [2.05, 4.69) is 4.98 Å². The molecule has 1 aromatic carbocycles. The summed E-state index contributed by atoms with van der Waals surface area (Å²) in [6.45, 7) is 2.16. The van der Waals surface area contributed by atoms with Crippen molar-refractivity contribution in [1.82, 2.24) is 4.98 Å². The highest BCUT2D eigenvalue weighted by atomic mass is 35.5. The molecule has 0 bridgehead atoms. The number of rotatable bonds is 5. The molecule has 1 atom stereocenters. The number of carbonyl (C=O) groups excluding carboxylic acids is 2. The number of nitrogens with one attached hydrogen (secondary N) is 1. The minimum Gasteiger partial charge on any atom is -0.460 e. The molecular formula is C19H20ClNO3S. The summed E-state index contributed by atoms with van der Waals surface area (Å²) in [4.78, 5) is 28.1. The van der Waals surface area contributed by atoms with Crippen LogP contribution in [0.4, 0.5) is 0 Å². The summed E-state index contributed by atoms with van der Waals surface area (Å²) in [6, 6.07) is 7.60. The number of ketones is 1. The van der Waals surface area contributed by atoms with Crippen LogP contribution in [0.5, 0.6) is 0 Å². The van der Waals surface area contributed by atoms with E-state index < -0.39 is 5.97 Å². The van der Waals surface area contributed by atoms with Gasteiger partial charge in [0.15, 0.2) is 5.78 Å². The number of aromatic nitrogens is 1. The monoisotopic (exact) mass is 377 g/mol. The Morgan fingerprint density at radius 2 is 2.12 bits per heavy atom. The highest BCUT2D eigenvalue weighted by Crippen LogP contribution is 2.37. The second-order valence-electron chi connectivity index (χ2n) is 6.16. The summed E-state index contributed by atoms with van der Waals surface area (Å²) in [7, 11) is 0. The summed E-state index contributed by atoms with van der Waals surface area (Å²) in [5, 5.41) is 0.670. The number of H-pyrrole nitrogens is 1. The summed E-state index contributed by atoms with van der Waals surface area (Å²) < 4.78 is 5.27. The quantitative estimate of drug-likeness (QED) is 0.619. The SMILES string of the molecule is CSCCOC(=O)c1[nH]c2c(c1C)C(=O)CC(c1ccccc1Cl)C2. The van der Waals surface area contributed by atoms with Crippen molar-refractivity contribution in [3.63, 3.8) is 0 Å². The van der Waals surface area contributed by atoms with Gasteiger partial charge in [-0.05, 0) is 42.7 Å². The molecule has 0 saturated heterocycles. The van der Waals surface area contributed by atoms with E-state index in [9.17, 15) is 9.59 Å². The van der Waals surface area contributed by atoms with Gasteiger partial charge in [0.05, 0.1) is 0 Å². The van der Waals surface area contributed by atoms with Crippen LogP contribution < -0.4 is 0 Å². The van der Waals surface area contributed by atoms with Crippen LogP contribution in [0.2, 0.25) is 5.02 Å². The van der Waals surface area contributed by atoms with Gasteiger partial charge in [-0.3, -0.25) is 4.79 Å². The molecule has 0 spiro atoms. The van der Waals surface area contributed by atoms with Gasteiger partial charge in [0.25, 0.3) is 0 Å². The van der Waals surface area contributed by atoms with E-state index in [4.69, 9.17) is 16.3 Å². The van der Waals surface area contributed by atoms with Crippen molar-refractivity contribution in [2.45, 2.75) is 25.7 Å². The van der Waals surface area contributed by atoms with Crippen LogP contribution in [0, 0.1) is 6.92 Å². The molecule has 25 heavy (non-hydrogen) atoms. The van der Waals surface area contributed by atoms with Gasteiger partial charge in [-0.1, -0.05) is 29.8 Å². The van der Waals surface area contributed by atoms with E-state index in [-0.39, 0.29) is 11.7 Å². The fourth-order valence-electron chi connectivity index (χ4n) is 3.35. The van der Waals surface area contributed by atoms with Crippen LogP contribution in [-0.4, -0.2) is 35.4 Å². The molecule has 1 aromatic heterocycles. The van der Waals surface area contributed by atoms with Gasteiger partial charge in [0, 0.05) is 28.5 Å². The summed E-state index contributed by atoms with van der Waals surface area (Å²) in [5.41, 5.74) is 3.49. The van der Waals surface area contributed by atoms with E-state index in [1.54, 1.807) is 18.7 Å². The first-order valence-corrected chi connectivity index (χ1v) is 9.95. The van der Waals surface area contributed by atoms with Crippen molar-refractivity contribution in [2.75, 3.05) is 18.6 Å². The van der Waals surface area contributed by atoms with Gasteiger partial charge in [-0.25, -0.2) is 4.79 Å². The Kier molecular flexibility index (Phi) is 5.54. The van der Waals surface area contributed by atoms with Crippen molar-refractivity contribution in [1.29, 1.82) is 0 Å². The third-order valence-corrected chi connectivity index (χ3v) is 5.48. The highest BCUT2D eigenvalue weighted by Gasteiger charge is 2.32. The third-order valence-electron chi connectivity index (χ3n) is 4.56. The summed E-state index contributed by atoms with van der Waals surface area (Å²) >= 11 is 7.91. The Bertz CT molecular complexity index is 815. The van der Waals surface area contributed by atoms with Crippen LogP contribution >= 0.6 is 23.4 Å². The first kappa shape index (κ1) is 18.1. The predicted octanol–water partition coefficient (Wildman–Crippen LogP) is 4.41. The number of thioether (sulfide) groups is 1. The van der Waals surface area contributed by atoms with Gasteiger partial charge in [-0.2, -0.15) is 11.8 Å². The Labute approximate surface area is 156 Å². The van der Waals surface area contributed by atoms with E-state index in [0.29, 0.717) is 41.3 Å². The normalized spacial score (nSPS) is 16.6. The zero-order chi connectivity index (χ0) is 18.0. The average Bonchev–Trinajstić information content (AvgIpc) is 2.92. The molecule has 132 valence electrons. The molecule has 3 rings (SSSR count). The number of halogens is 1. The molecule has 0 aliphatic heterocycles. The number of hydrogen-bond acceptors (Lipinski definition) is 4. The molecule has 4 nitrogen and oxygen atoms in total. The molecule has 1 aliphatic rings. The van der Waals surface area contributed by atoms with Crippen molar-refractivity contribution in [2.24, 2.45) is 0 Å². The zero-order valence-electron chi connectivity index (χ0n) is 14.2. The molecule has 0 fully saturated rings. The number of hydrogen-bond donors (Lipinski definition) is 1. The van der Waals surface area contributed by atoms with Gasteiger partial charge >= 0.3 is 5.97 Å². The van der Waals surface area contributed by atoms with Gasteiger partial charge < -0.3 is 9.72 Å². The second kappa shape index (κ2) is 7.67. The lowest BCUT2D eigenvalue weighted by atomic mass is 9.81. The van der Waals surface area contributed by atoms with E-state index in [0.717, 1.165) is 17.0 Å². The maximum atomic E-state index is 12.7. The van der Waals surface area contributed by atoms with Crippen LogP contribution in [-0.2, 0) is 11.2 Å². The lowest BCUT2D eigenvalue weighted by molar-refractivity contribution is 0.0523.